The van der Waals surface area contributed by atoms with Crippen LogP contribution in [0.4, 0.5) is 0 Å². The van der Waals surface area contributed by atoms with Crippen molar-refractivity contribution in [2.45, 2.75) is 64.6 Å². The molecule has 21 heavy (non-hydrogen) atoms. The zero-order valence-corrected chi connectivity index (χ0v) is 13.7. The molecule has 0 aliphatic carbocycles. The van der Waals surface area contributed by atoms with Crippen LogP contribution in [0.25, 0.3) is 0 Å². The van der Waals surface area contributed by atoms with Crippen LogP contribution < -0.4 is 0 Å². The summed E-state index contributed by atoms with van der Waals surface area (Å²) in [5.41, 5.74) is 0. The fraction of sp³-hybridized carbons (Fsp3) is 1.00. The number of aliphatic hydroxyl groups is 3. The molecule has 0 aromatic rings. The first-order valence-corrected chi connectivity index (χ1v) is 8.26. The first-order chi connectivity index (χ1) is 10.1. The topological polar surface area (TPSA) is 79.2 Å². The molecular weight excluding hydrogens is 272 g/mol. The van der Waals surface area contributed by atoms with Crippen molar-refractivity contribution in [1.29, 1.82) is 0 Å². The van der Waals surface area contributed by atoms with Gasteiger partial charge >= 0.3 is 0 Å². The summed E-state index contributed by atoms with van der Waals surface area (Å²) in [6.07, 6.45) is 5.69. The van der Waals surface area contributed by atoms with Crippen molar-refractivity contribution >= 4 is 0 Å². The molecule has 0 aliphatic rings. The van der Waals surface area contributed by atoms with E-state index in [0.29, 0.717) is 12.5 Å². The first-order valence-electron chi connectivity index (χ1n) is 8.26. The minimum Gasteiger partial charge on any atom is -0.394 e. The van der Waals surface area contributed by atoms with E-state index in [1.165, 1.54) is 32.1 Å². The van der Waals surface area contributed by atoms with Crippen LogP contribution in [0.2, 0.25) is 0 Å². The van der Waals surface area contributed by atoms with E-state index >= 15 is 0 Å². The van der Waals surface area contributed by atoms with E-state index in [0.717, 1.165) is 6.42 Å². The second-order valence-corrected chi connectivity index (χ2v) is 5.72. The summed E-state index contributed by atoms with van der Waals surface area (Å²) in [6, 6.07) is 0. The van der Waals surface area contributed by atoms with Crippen LogP contribution in [-0.2, 0) is 9.47 Å². The quantitative estimate of drug-likeness (QED) is 0.402. The minimum atomic E-state index is -0.884. The molecule has 5 heteroatoms. The van der Waals surface area contributed by atoms with Gasteiger partial charge in [-0.1, -0.05) is 39.5 Å². The van der Waals surface area contributed by atoms with Gasteiger partial charge in [-0.15, -0.1) is 0 Å². The molecule has 0 spiro atoms. The summed E-state index contributed by atoms with van der Waals surface area (Å²) in [7, 11) is 0. The van der Waals surface area contributed by atoms with Crippen LogP contribution in [-0.4, -0.2) is 60.6 Å². The van der Waals surface area contributed by atoms with Gasteiger partial charge in [0.25, 0.3) is 0 Å². The second kappa shape index (κ2) is 14.7. The van der Waals surface area contributed by atoms with Gasteiger partial charge < -0.3 is 24.8 Å². The highest BCUT2D eigenvalue weighted by molar-refractivity contribution is 4.60. The van der Waals surface area contributed by atoms with E-state index in [4.69, 9.17) is 19.7 Å². The van der Waals surface area contributed by atoms with Crippen molar-refractivity contribution in [3.05, 3.63) is 0 Å². The van der Waals surface area contributed by atoms with E-state index in [1.807, 2.05) is 0 Å². The smallest absolute Gasteiger partial charge is 0.101 e. The lowest BCUT2D eigenvalue weighted by molar-refractivity contribution is -0.0521. The van der Waals surface area contributed by atoms with Crippen molar-refractivity contribution in [3.8, 4) is 0 Å². The Balaban J connectivity index is 3.66. The minimum absolute atomic E-state index is 0.0308. The van der Waals surface area contributed by atoms with Crippen molar-refractivity contribution < 1.29 is 24.8 Å². The van der Waals surface area contributed by atoms with Crippen molar-refractivity contribution in [2.24, 2.45) is 5.92 Å². The monoisotopic (exact) mass is 306 g/mol. The zero-order chi connectivity index (χ0) is 15.9. The van der Waals surface area contributed by atoms with Crippen LogP contribution in [0.1, 0.15) is 52.4 Å². The molecule has 0 fully saturated rings. The van der Waals surface area contributed by atoms with Crippen LogP contribution in [0.5, 0.6) is 0 Å². The van der Waals surface area contributed by atoms with E-state index in [9.17, 15) is 5.11 Å². The maximum atomic E-state index is 9.70. The summed E-state index contributed by atoms with van der Waals surface area (Å²) in [4.78, 5) is 0. The molecule has 0 heterocycles. The van der Waals surface area contributed by atoms with Crippen LogP contribution in [0.15, 0.2) is 0 Å². The summed E-state index contributed by atoms with van der Waals surface area (Å²) in [6.45, 7) is 5.14. The molecule has 3 atom stereocenters. The maximum absolute atomic E-state index is 9.70. The third kappa shape index (κ3) is 13.2. The molecule has 128 valence electrons. The summed E-state index contributed by atoms with van der Waals surface area (Å²) in [5.74, 6) is 0.575. The highest BCUT2D eigenvalue weighted by atomic mass is 16.5. The lowest BCUT2D eigenvalue weighted by atomic mass is 9.97. The highest BCUT2D eigenvalue weighted by Crippen LogP contribution is 2.16. The number of ether oxygens (including phenoxy) is 2. The number of aliphatic hydroxyl groups excluding tert-OH is 3. The van der Waals surface area contributed by atoms with Crippen molar-refractivity contribution in [1.82, 2.24) is 0 Å². The third-order valence-corrected chi connectivity index (χ3v) is 3.41. The van der Waals surface area contributed by atoms with E-state index in [1.54, 1.807) is 0 Å². The normalized spacial score (nSPS) is 15.9. The largest absolute Gasteiger partial charge is 0.394 e. The van der Waals surface area contributed by atoms with Gasteiger partial charge in [-0.05, 0) is 18.8 Å². The lowest BCUT2D eigenvalue weighted by Gasteiger charge is -2.18. The SMILES string of the molecule is CCCCCC(CCC)COCC(O)COCC(O)CO. The Kier molecular flexibility index (Phi) is 14.6. The first kappa shape index (κ1) is 20.8. The molecule has 0 aliphatic heterocycles. The Morgan fingerprint density at radius 3 is 1.95 bits per heavy atom. The Labute approximate surface area is 129 Å². The molecule has 3 N–H and O–H groups in total. The number of hydrogen-bond acceptors (Lipinski definition) is 5. The van der Waals surface area contributed by atoms with Crippen LogP contribution in [0, 0.1) is 5.92 Å². The Morgan fingerprint density at radius 2 is 1.38 bits per heavy atom. The second-order valence-electron chi connectivity index (χ2n) is 5.72. The number of hydrogen-bond donors (Lipinski definition) is 3. The van der Waals surface area contributed by atoms with Crippen molar-refractivity contribution in [3.63, 3.8) is 0 Å². The van der Waals surface area contributed by atoms with Gasteiger partial charge in [0, 0.05) is 6.61 Å². The van der Waals surface area contributed by atoms with E-state index < -0.39 is 12.2 Å². The summed E-state index contributed by atoms with van der Waals surface area (Å²) in [5, 5.41) is 27.4. The van der Waals surface area contributed by atoms with Gasteiger partial charge in [-0.2, -0.15) is 0 Å². The lowest BCUT2D eigenvalue weighted by Crippen LogP contribution is -2.27. The molecule has 0 aromatic heterocycles. The fourth-order valence-corrected chi connectivity index (χ4v) is 2.21. The Bertz CT molecular complexity index is 213. The Morgan fingerprint density at radius 1 is 0.762 bits per heavy atom. The molecule has 3 unspecified atom stereocenters. The third-order valence-electron chi connectivity index (χ3n) is 3.41. The average Bonchev–Trinajstić information content (AvgIpc) is 2.47. The molecule has 0 radical (unpaired) electrons. The van der Waals surface area contributed by atoms with Gasteiger partial charge in [-0.25, -0.2) is 0 Å². The van der Waals surface area contributed by atoms with Crippen LogP contribution in [0.3, 0.4) is 0 Å². The predicted octanol–water partition coefficient (Wildman–Crippen LogP) is 1.73. The van der Waals surface area contributed by atoms with Gasteiger partial charge in [0.2, 0.25) is 0 Å². The van der Waals surface area contributed by atoms with Crippen LogP contribution >= 0.6 is 0 Å². The Hall–Kier alpha value is -0.200. The molecule has 5 nitrogen and oxygen atoms in total. The van der Waals surface area contributed by atoms with E-state index in [-0.39, 0.29) is 26.4 Å². The van der Waals surface area contributed by atoms with Gasteiger partial charge in [0.15, 0.2) is 0 Å². The molecule has 0 bridgehead atoms. The standard InChI is InChI=1S/C16H34O5/c1-3-5-6-8-14(7-4-2)10-20-12-16(19)13-21-11-15(18)9-17/h14-19H,3-13H2,1-2H3. The number of rotatable bonds is 15. The predicted molar refractivity (Wildman–Crippen MR) is 83.3 cm³/mol. The summed E-state index contributed by atoms with van der Waals surface area (Å²) < 4.78 is 10.7. The molecule has 0 amide bonds. The van der Waals surface area contributed by atoms with E-state index in [2.05, 4.69) is 13.8 Å². The average molecular weight is 306 g/mol. The van der Waals surface area contributed by atoms with Gasteiger partial charge in [0.1, 0.15) is 12.2 Å². The van der Waals surface area contributed by atoms with Gasteiger partial charge in [-0.3, -0.25) is 0 Å². The molecule has 0 aromatic carbocycles. The molecule has 0 saturated carbocycles. The maximum Gasteiger partial charge on any atom is 0.101 e. The van der Waals surface area contributed by atoms with Gasteiger partial charge in [0.05, 0.1) is 26.4 Å². The fourth-order valence-electron chi connectivity index (χ4n) is 2.21. The molecular formula is C16H34O5. The van der Waals surface area contributed by atoms with Crippen molar-refractivity contribution in [2.75, 3.05) is 33.0 Å². The molecule has 0 rings (SSSR count). The number of unbranched alkanes of at least 4 members (excludes halogenated alkanes) is 2. The zero-order valence-electron chi connectivity index (χ0n) is 13.7. The summed E-state index contributed by atoms with van der Waals surface area (Å²) >= 11 is 0. The highest BCUT2D eigenvalue weighted by Gasteiger charge is 2.11. The molecule has 0 saturated heterocycles.